The minimum Gasteiger partial charge on any atom is -0.441 e. The zero-order valence-corrected chi connectivity index (χ0v) is 7.45. The molecule has 0 saturated heterocycles. The molecule has 0 spiro atoms. The van der Waals surface area contributed by atoms with Gasteiger partial charge in [-0.1, -0.05) is 30.3 Å². The number of benzene rings is 1. The van der Waals surface area contributed by atoms with E-state index in [9.17, 15) is 13.2 Å². The van der Waals surface area contributed by atoms with Gasteiger partial charge in [0.25, 0.3) is 0 Å². The quantitative estimate of drug-likeness (QED) is 0.725. The summed E-state index contributed by atoms with van der Waals surface area (Å²) < 4.78 is 40.8. The Morgan fingerprint density at radius 1 is 1.07 bits per heavy atom. The van der Waals surface area contributed by atoms with Gasteiger partial charge in [-0.15, -0.1) is 0 Å². The van der Waals surface area contributed by atoms with Crippen molar-refractivity contribution in [3.05, 3.63) is 42.5 Å². The van der Waals surface area contributed by atoms with Crippen molar-refractivity contribution in [2.24, 2.45) is 0 Å². The van der Waals surface area contributed by atoms with Gasteiger partial charge in [0.15, 0.2) is 0 Å². The monoisotopic (exact) mass is 213 g/mol. The van der Waals surface area contributed by atoms with Crippen LogP contribution in [0.2, 0.25) is 0 Å². The molecule has 1 aromatic carbocycles. The van der Waals surface area contributed by atoms with Gasteiger partial charge < -0.3 is 4.42 Å². The number of oxazole rings is 1. The summed E-state index contributed by atoms with van der Waals surface area (Å²) in [6.07, 6.45) is -3.54. The van der Waals surface area contributed by atoms with E-state index in [2.05, 4.69) is 9.40 Å². The van der Waals surface area contributed by atoms with Crippen LogP contribution in [0, 0.1) is 0 Å². The first-order valence-corrected chi connectivity index (χ1v) is 4.15. The number of hydrogen-bond donors (Lipinski definition) is 0. The summed E-state index contributed by atoms with van der Waals surface area (Å²) in [7, 11) is 0. The van der Waals surface area contributed by atoms with Crippen molar-refractivity contribution in [3.8, 4) is 11.3 Å². The maximum atomic E-state index is 12.2. The second-order valence-electron chi connectivity index (χ2n) is 2.90. The predicted octanol–water partition coefficient (Wildman–Crippen LogP) is 3.36. The van der Waals surface area contributed by atoms with Crippen LogP contribution in [-0.2, 0) is 6.18 Å². The molecule has 5 heteroatoms. The Morgan fingerprint density at radius 2 is 1.73 bits per heavy atom. The molecular weight excluding hydrogens is 207 g/mol. The van der Waals surface area contributed by atoms with Crippen molar-refractivity contribution < 1.29 is 17.6 Å². The van der Waals surface area contributed by atoms with Crippen molar-refractivity contribution in [1.29, 1.82) is 0 Å². The van der Waals surface area contributed by atoms with Crippen molar-refractivity contribution >= 4 is 0 Å². The molecule has 0 atom stereocenters. The summed E-state index contributed by atoms with van der Waals surface area (Å²) in [5.41, 5.74) is 0.777. The molecule has 2 rings (SSSR count). The molecule has 78 valence electrons. The summed E-state index contributed by atoms with van der Waals surface area (Å²) in [5, 5.41) is 0. The zero-order chi connectivity index (χ0) is 10.9. The molecule has 0 amide bonds. The van der Waals surface area contributed by atoms with E-state index in [1.807, 2.05) is 0 Å². The predicted molar refractivity (Wildman–Crippen MR) is 46.9 cm³/mol. The molecule has 0 aliphatic carbocycles. The van der Waals surface area contributed by atoms with Gasteiger partial charge in [0.2, 0.25) is 0 Å². The van der Waals surface area contributed by atoms with Crippen molar-refractivity contribution in [2.45, 2.75) is 6.18 Å². The van der Waals surface area contributed by atoms with Gasteiger partial charge in [-0.05, 0) is 0 Å². The highest BCUT2D eigenvalue weighted by molar-refractivity contribution is 5.57. The maximum absolute atomic E-state index is 12.2. The van der Waals surface area contributed by atoms with Crippen molar-refractivity contribution in [3.63, 3.8) is 0 Å². The fourth-order valence-corrected chi connectivity index (χ4v) is 1.15. The van der Waals surface area contributed by atoms with E-state index in [1.165, 1.54) is 0 Å². The van der Waals surface area contributed by atoms with Crippen LogP contribution in [0.4, 0.5) is 13.2 Å². The average molecular weight is 213 g/mol. The number of nitrogens with zero attached hydrogens (tertiary/aromatic N) is 1. The highest BCUT2D eigenvalue weighted by atomic mass is 19.4. The summed E-state index contributed by atoms with van der Waals surface area (Å²) in [5.74, 6) is -1.22. The number of aromatic nitrogens is 1. The van der Waals surface area contributed by atoms with Gasteiger partial charge in [0.05, 0.1) is 0 Å². The summed E-state index contributed by atoms with van der Waals surface area (Å²) in [4.78, 5) is 3.36. The van der Waals surface area contributed by atoms with E-state index >= 15 is 0 Å². The molecule has 0 radical (unpaired) electrons. The minimum atomic E-state index is -4.53. The van der Waals surface area contributed by atoms with Gasteiger partial charge in [-0.25, -0.2) is 4.98 Å². The fourth-order valence-electron chi connectivity index (χ4n) is 1.15. The molecule has 0 saturated carbocycles. The fraction of sp³-hybridized carbons (Fsp3) is 0.100. The number of rotatable bonds is 1. The van der Waals surface area contributed by atoms with E-state index in [0.717, 1.165) is 6.26 Å². The Balaban J connectivity index is 2.37. The molecule has 1 aromatic heterocycles. The third-order valence-electron chi connectivity index (χ3n) is 1.82. The molecule has 15 heavy (non-hydrogen) atoms. The van der Waals surface area contributed by atoms with Gasteiger partial charge >= 0.3 is 12.1 Å². The Labute approximate surface area is 83.4 Å². The van der Waals surface area contributed by atoms with E-state index in [1.54, 1.807) is 30.3 Å². The van der Waals surface area contributed by atoms with E-state index in [-0.39, 0.29) is 5.69 Å². The molecule has 0 N–H and O–H groups in total. The normalized spacial score (nSPS) is 11.7. The van der Waals surface area contributed by atoms with Crippen LogP contribution in [0.1, 0.15) is 5.89 Å². The zero-order valence-electron chi connectivity index (χ0n) is 7.45. The molecule has 2 nitrogen and oxygen atoms in total. The lowest BCUT2D eigenvalue weighted by atomic mass is 10.2. The van der Waals surface area contributed by atoms with Crippen LogP contribution in [0.25, 0.3) is 11.3 Å². The Bertz CT molecular complexity index is 447. The lowest BCUT2D eigenvalue weighted by Crippen LogP contribution is -2.04. The van der Waals surface area contributed by atoms with Gasteiger partial charge in [-0.2, -0.15) is 13.2 Å². The molecule has 0 unspecified atom stereocenters. The molecule has 0 aliphatic heterocycles. The van der Waals surface area contributed by atoms with E-state index in [4.69, 9.17) is 0 Å². The topological polar surface area (TPSA) is 26.0 Å². The van der Waals surface area contributed by atoms with Crippen LogP contribution < -0.4 is 0 Å². The number of alkyl halides is 3. The first-order chi connectivity index (χ1) is 7.07. The third-order valence-corrected chi connectivity index (χ3v) is 1.82. The minimum absolute atomic E-state index is 0.183. The van der Waals surface area contributed by atoms with Gasteiger partial charge in [0.1, 0.15) is 12.0 Å². The Kier molecular flexibility index (Phi) is 2.22. The van der Waals surface area contributed by atoms with Crippen LogP contribution in [0.3, 0.4) is 0 Å². The smallest absolute Gasteiger partial charge is 0.441 e. The molecule has 2 aromatic rings. The first-order valence-electron chi connectivity index (χ1n) is 4.15. The summed E-state index contributed by atoms with van der Waals surface area (Å²) in [6.45, 7) is 0. The second-order valence-corrected chi connectivity index (χ2v) is 2.90. The lowest BCUT2D eigenvalue weighted by Gasteiger charge is -1.97. The van der Waals surface area contributed by atoms with E-state index < -0.39 is 12.1 Å². The van der Waals surface area contributed by atoms with Crippen LogP contribution in [0.5, 0.6) is 0 Å². The highest BCUT2D eigenvalue weighted by Gasteiger charge is 2.37. The Hall–Kier alpha value is -1.78. The van der Waals surface area contributed by atoms with Crippen LogP contribution in [0.15, 0.2) is 41.0 Å². The van der Waals surface area contributed by atoms with E-state index in [0.29, 0.717) is 5.56 Å². The standard InChI is InChI=1S/C10H6F3NO/c11-10(12,13)9-14-8(6-15-9)7-4-2-1-3-5-7/h1-6H. The van der Waals surface area contributed by atoms with Gasteiger partial charge in [-0.3, -0.25) is 0 Å². The molecule has 1 heterocycles. The van der Waals surface area contributed by atoms with Crippen molar-refractivity contribution in [1.82, 2.24) is 4.98 Å². The molecule has 0 bridgehead atoms. The molecule has 0 aliphatic rings. The summed E-state index contributed by atoms with van der Waals surface area (Å²) in [6, 6.07) is 8.54. The highest BCUT2D eigenvalue weighted by Crippen LogP contribution is 2.30. The second kappa shape index (κ2) is 3.42. The maximum Gasteiger partial charge on any atom is 0.468 e. The number of hydrogen-bond acceptors (Lipinski definition) is 2. The summed E-state index contributed by atoms with van der Waals surface area (Å²) >= 11 is 0. The average Bonchev–Trinajstić information content (AvgIpc) is 2.67. The van der Waals surface area contributed by atoms with Gasteiger partial charge in [0, 0.05) is 5.56 Å². The van der Waals surface area contributed by atoms with Crippen LogP contribution in [-0.4, -0.2) is 4.98 Å². The van der Waals surface area contributed by atoms with Crippen molar-refractivity contribution in [2.75, 3.05) is 0 Å². The SMILES string of the molecule is FC(F)(F)c1nc(-c2ccccc2)co1. The number of halogens is 3. The third kappa shape index (κ3) is 2.01. The first kappa shape index (κ1) is 9.76. The molecular formula is C10H6F3NO. The largest absolute Gasteiger partial charge is 0.468 e. The lowest BCUT2D eigenvalue weighted by molar-refractivity contribution is -0.157. The van der Waals surface area contributed by atoms with Crippen LogP contribution >= 0.6 is 0 Å². The Morgan fingerprint density at radius 3 is 2.27 bits per heavy atom. The molecule has 0 fully saturated rings.